The molecule has 0 spiro atoms. The van der Waals surface area contributed by atoms with Crippen LogP contribution >= 0.6 is 15.9 Å². The molecule has 0 aromatic carbocycles. The lowest BCUT2D eigenvalue weighted by Gasteiger charge is -2.17. The van der Waals surface area contributed by atoms with Gasteiger partial charge in [-0.25, -0.2) is 4.98 Å². The average molecular weight is 363 g/mol. The Morgan fingerprint density at radius 2 is 1.80 bits per heavy atom. The molecule has 0 radical (unpaired) electrons. The van der Waals surface area contributed by atoms with Crippen LogP contribution in [0.3, 0.4) is 0 Å². The molecule has 10 heteroatoms. The summed E-state index contributed by atoms with van der Waals surface area (Å²) in [7, 11) is 0. The van der Waals surface area contributed by atoms with E-state index < -0.39 is 41.5 Å². The quantitative estimate of drug-likeness (QED) is 0.603. The lowest BCUT2D eigenvalue weighted by atomic mass is 10.0. The number of nitrogens with zero attached hydrogens (tertiary/aromatic N) is 2. The van der Waals surface area contributed by atoms with Crippen molar-refractivity contribution >= 4 is 15.9 Å². The maximum absolute atomic E-state index is 12.7. The van der Waals surface area contributed by atoms with E-state index in [2.05, 4.69) is 25.7 Å². The molecule has 0 fully saturated rings. The molecule has 1 rings (SSSR count). The van der Waals surface area contributed by atoms with Crippen molar-refractivity contribution in [2.24, 2.45) is 0 Å². The SMILES string of the molecule is N#CCc1c(C(F)(F)F)cnc(OC(F)(F)F)c1CBr. The van der Waals surface area contributed by atoms with Crippen LogP contribution < -0.4 is 4.74 Å². The van der Waals surface area contributed by atoms with Gasteiger partial charge in [0.05, 0.1) is 18.1 Å². The molecule has 1 heterocycles. The minimum Gasteiger partial charge on any atom is -0.388 e. The van der Waals surface area contributed by atoms with Crippen molar-refractivity contribution in [2.45, 2.75) is 24.3 Å². The molecule has 0 amide bonds. The first-order chi connectivity index (χ1) is 9.10. The van der Waals surface area contributed by atoms with E-state index in [1.807, 2.05) is 0 Å². The molecular weight excluding hydrogens is 358 g/mol. The summed E-state index contributed by atoms with van der Waals surface area (Å²) in [4.78, 5) is 3.04. The zero-order valence-corrected chi connectivity index (χ0v) is 11.0. The topological polar surface area (TPSA) is 45.9 Å². The molecular formula is C10H5BrF6N2O. The van der Waals surface area contributed by atoms with E-state index in [1.165, 1.54) is 6.07 Å². The predicted molar refractivity (Wildman–Crippen MR) is 57.9 cm³/mol. The third-order valence-electron chi connectivity index (χ3n) is 2.17. The highest BCUT2D eigenvalue weighted by Gasteiger charge is 2.38. The van der Waals surface area contributed by atoms with Crippen LogP contribution in [-0.4, -0.2) is 11.3 Å². The van der Waals surface area contributed by atoms with Gasteiger partial charge in [0.1, 0.15) is 0 Å². The summed E-state index contributed by atoms with van der Waals surface area (Å²) < 4.78 is 78.2. The van der Waals surface area contributed by atoms with Crippen molar-refractivity contribution in [1.82, 2.24) is 4.98 Å². The molecule has 0 atom stereocenters. The van der Waals surface area contributed by atoms with Crippen molar-refractivity contribution in [1.29, 1.82) is 5.26 Å². The van der Waals surface area contributed by atoms with Gasteiger partial charge in [-0.3, -0.25) is 0 Å². The van der Waals surface area contributed by atoms with Crippen molar-refractivity contribution < 1.29 is 31.1 Å². The number of nitriles is 1. The van der Waals surface area contributed by atoms with Crippen molar-refractivity contribution in [2.75, 3.05) is 0 Å². The lowest BCUT2D eigenvalue weighted by molar-refractivity contribution is -0.276. The van der Waals surface area contributed by atoms with Crippen molar-refractivity contribution in [3.05, 3.63) is 22.9 Å². The molecule has 1 aromatic heterocycles. The fourth-order valence-electron chi connectivity index (χ4n) is 1.43. The second kappa shape index (κ2) is 5.87. The lowest BCUT2D eigenvalue weighted by Crippen LogP contribution is -2.21. The molecule has 110 valence electrons. The van der Waals surface area contributed by atoms with Crippen LogP contribution in [0.2, 0.25) is 0 Å². The van der Waals surface area contributed by atoms with Crippen molar-refractivity contribution in [3.8, 4) is 11.9 Å². The maximum Gasteiger partial charge on any atom is 0.574 e. The van der Waals surface area contributed by atoms with Crippen LogP contribution in [0.1, 0.15) is 16.7 Å². The van der Waals surface area contributed by atoms with Gasteiger partial charge < -0.3 is 4.74 Å². The highest BCUT2D eigenvalue weighted by Crippen LogP contribution is 2.37. The molecule has 0 saturated carbocycles. The molecule has 0 unspecified atom stereocenters. The normalized spacial score (nSPS) is 12.1. The molecule has 0 N–H and O–H groups in total. The summed E-state index contributed by atoms with van der Waals surface area (Å²) in [5.74, 6) is -1.01. The summed E-state index contributed by atoms with van der Waals surface area (Å²) in [6.45, 7) is 0. The summed E-state index contributed by atoms with van der Waals surface area (Å²) in [6.07, 6.45) is -10.4. The molecule has 0 saturated heterocycles. The molecule has 3 nitrogen and oxygen atoms in total. The summed E-state index contributed by atoms with van der Waals surface area (Å²) in [6, 6.07) is 1.48. The molecule has 0 aliphatic rings. The van der Waals surface area contributed by atoms with Gasteiger partial charge in [-0.15, -0.1) is 13.2 Å². The first-order valence-electron chi connectivity index (χ1n) is 4.86. The summed E-state index contributed by atoms with van der Waals surface area (Å²) in [5, 5.41) is 8.17. The highest BCUT2D eigenvalue weighted by atomic mass is 79.9. The molecule has 1 aromatic rings. The fraction of sp³-hybridized carbons (Fsp3) is 0.400. The third kappa shape index (κ3) is 4.00. The molecule has 0 bridgehead atoms. The number of pyridine rings is 1. The molecule has 20 heavy (non-hydrogen) atoms. The number of hydrogen-bond acceptors (Lipinski definition) is 3. The van der Waals surface area contributed by atoms with Gasteiger partial charge in [-0.05, 0) is 5.56 Å². The van der Waals surface area contributed by atoms with Gasteiger partial charge in [0, 0.05) is 17.1 Å². The largest absolute Gasteiger partial charge is 0.574 e. The average Bonchev–Trinajstić information content (AvgIpc) is 2.26. The Labute approximate surface area is 117 Å². The second-order valence-electron chi connectivity index (χ2n) is 3.45. The molecule has 0 aliphatic carbocycles. The smallest absolute Gasteiger partial charge is 0.388 e. The van der Waals surface area contributed by atoms with E-state index in [-0.39, 0.29) is 11.5 Å². The van der Waals surface area contributed by atoms with Crippen LogP contribution in [0.15, 0.2) is 6.20 Å². The fourth-order valence-corrected chi connectivity index (χ4v) is 2.01. The van der Waals surface area contributed by atoms with E-state index in [9.17, 15) is 26.3 Å². The Morgan fingerprint density at radius 1 is 1.20 bits per heavy atom. The van der Waals surface area contributed by atoms with E-state index in [1.54, 1.807) is 0 Å². The minimum atomic E-state index is -5.09. The Kier molecular flexibility index (Phi) is 4.86. The zero-order valence-electron chi connectivity index (χ0n) is 9.44. The first-order valence-corrected chi connectivity index (χ1v) is 5.99. The number of aromatic nitrogens is 1. The number of rotatable bonds is 3. The summed E-state index contributed by atoms with van der Waals surface area (Å²) >= 11 is 2.77. The zero-order chi connectivity index (χ0) is 15.6. The van der Waals surface area contributed by atoms with Crippen molar-refractivity contribution in [3.63, 3.8) is 0 Å². The second-order valence-corrected chi connectivity index (χ2v) is 4.01. The van der Waals surface area contributed by atoms with Gasteiger partial charge in [0.15, 0.2) is 0 Å². The number of alkyl halides is 7. The van der Waals surface area contributed by atoms with Gasteiger partial charge >= 0.3 is 12.5 Å². The van der Waals surface area contributed by atoms with E-state index in [4.69, 9.17) is 5.26 Å². The van der Waals surface area contributed by atoms with Gasteiger partial charge in [-0.2, -0.15) is 18.4 Å². The maximum atomic E-state index is 12.7. The van der Waals surface area contributed by atoms with Gasteiger partial charge in [0.25, 0.3) is 0 Å². The number of hydrogen-bond donors (Lipinski definition) is 0. The minimum absolute atomic E-state index is 0.222. The Balaban J connectivity index is 3.46. The van der Waals surface area contributed by atoms with Crippen LogP contribution in [0.25, 0.3) is 0 Å². The molecule has 0 aliphatic heterocycles. The van der Waals surface area contributed by atoms with Gasteiger partial charge in [0.2, 0.25) is 5.88 Å². The van der Waals surface area contributed by atoms with E-state index in [0.717, 1.165) is 0 Å². The number of halogens is 7. The standard InChI is InChI=1S/C10H5BrF6N2O/c11-3-6-5(1-2-18)7(9(12,13)14)4-19-8(6)20-10(15,16)17/h4H,1,3H2. The summed E-state index contributed by atoms with van der Waals surface area (Å²) in [5.41, 5.74) is -2.31. The monoisotopic (exact) mass is 362 g/mol. The van der Waals surface area contributed by atoms with E-state index >= 15 is 0 Å². The Bertz CT molecular complexity index is 534. The number of ether oxygens (including phenoxy) is 1. The van der Waals surface area contributed by atoms with Gasteiger partial charge in [-0.1, -0.05) is 15.9 Å². The third-order valence-corrected chi connectivity index (χ3v) is 2.73. The predicted octanol–water partition coefficient (Wildman–Crippen LogP) is 3.96. The highest BCUT2D eigenvalue weighted by molar-refractivity contribution is 9.08. The van der Waals surface area contributed by atoms with Crippen LogP contribution in [0.4, 0.5) is 26.3 Å². The van der Waals surface area contributed by atoms with Crippen LogP contribution in [0.5, 0.6) is 5.88 Å². The van der Waals surface area contributed by atoms with Crippen LogP contribution in [-0.2, 0) is 17.9 Å². The van der Waals surface area contributed by atoms with E-state index in [0.29, 0.717) is 0 Å². The Morgan fingerprint density at radius 3 is 2.20 bits per heavy atom. The first kappa shape index (κ1) is 16.6. The van der Waals surface area contributed by atoms with Crippen LogP contribution in [0, 0.1) is 11.3 Å². The Hall–Kier alpha value is -1.50.